The van der Waals surface area contributed by atoms with E-state index < -0.39 is 0 Å². The van der Waals surface area contributed by atoms with Gasteiger partial charge in [-0.2, -0.15) is 0 Å². The van der Waals surface area contributed by atoms with Gasteiger partial charge in [0.25, 0.3) is 0 Å². The molecule has 3 aromatic rings. The summed E-state index contributed by atoms with van der Waals surface area (Å²) in [7, 11) is 1.68. The van der Waals surface area contributed by atoms with Gasteiger partial charge in [-0.25, -0.2) is 9.97 Å². The van der Waals surface area contributed by atoms with Crippen molar-refractivity contribution in [2.45, 2.75) is 26.3 Å². The van der Waals surface area contributed by atoms with Gasteiger partial charge >= 0.3 is 0 Å². The van der Waals surface area contributed by atoms with Gasteiger partial charge in [0, 0.05) is 12.7 Å². The zero-order chi connectivity index (χ0) is 16.2. The minimum absolute atomic E-state index is 0.698. The lowest BCUT2D eigenvalue weighted by Crippen LogP contribution is -2.05. The minimum Gasteiger partial charge on any atom is -0.496 e. The average Bonchev–Trinajstić information content (AvgIpc) is 2.92. The number of pyridine rings is 1. The maximum atomic E-state index is 5.63. The minimum atomic E-state index is 0.698. The molecule has 0 aliphatic rings. The summed E-state index contributed by atoms with van der Waals surface area (Å²) in [6.45, 7) is 3.57. The van der Waals surface area contributed by atoms with Crippen LogP contribution in [0, 0.1) is 6.92 Å². The molecule has 5 heteroatoms. The molecule has 5 nitrogen and oxygen atoms in total. The summed E-state index contributed by atoms with van der Waals surface area (Å²) in [5.41, 5.74) is 9.55. The Balaban J connectivity index is 2.15. The van der Waals surface area contributed by atoms with Crippen molar-refractivity contribution in [3.63, 3.8) is 0 Å². The first kappa shape index (κ1) is 15.5. The second-order valence-electron chi connectivity index (χ2n) is 5.64. The van der Waals surface area contributed by atoms with Crippen molar-refractivity contribution in [2.24, 2.45) is 5.73 Å². The SMILES string of the molecule is COc1ccccc1-c1nc2cc(C)cnc2n1CCCCN. The maximum absolute atomic E-state index is 5.63. The third-order valence-corrected chi connectivity index (χ3v) is 3.91. The summed E-state index contributed by atoms with van der Waals surface area (Å²) in [6.07, 6.45) is 3.87. The summed E-state index contributed by atoms with van der Waals surface area (Å²) >= 11 is 0. The molecule has 0 saturated carbocycles. The van der Waals surface area contributed by atoms with Crippen molar-refractivity contribution in [1.29, 1.82) is 0 Å². The van der Waals surface area contributed by atoms with Crippen LogP contribution in [-0.4, -0.2) is 28.2 Å². The van der Waals surface area contributed by atoms with Crippen LogP contribution in [0.5, 0.6) is 5.75 Å². The number of aryl methyl sites for hydroxylation is 2. The number of hydrogen-bond acceptors (Lipinski definition) is 4. The van der Waals surface area contributed by atoms with E-state index in [4.69, 9.17) is 15.5 Å². The number of imidazole rings is 1. The molecule has 3 rings (SSSR count). The van der Waals surface area contributed by atoms with Crippen molar-refractivity contribution >= 4 is 11.2 Å². The maximum Gasteiger partial charge on any atom is 0.160 e. The van der Waals surface area contributed by atoms with E-state index in [1.54, 1.807) is 7.11 Å². The largest absolute Gasteiger partial charge is 0.496 e. The van der Waals surface area contributed by atoms with Gasteiger partial charge in [-0.15, -0.1) is 0 Å². The zero-order valence-electron chi connectivity index (χ0n) is 13.6. The molecule has 0 fully saturated rings. The van der Waals surface area contributed by atoms with Crippen molar-refractivity contribution in [2.75, 3.05) is 13.7 Å². The standard InChI is InChI=1S/C18H22N4O/c1-13-11-15-18(20-12-13)22(10-6-5-9-19)17(21-15)14-7-3-4-8-16(14)23-2/h3-4,7-8,11-12H,5-6,9-10,19H2,1-2H3. The fourth-order valence-electron chi connectivity index (χ4n) is 2.77. The molecule has 2 aromatic heterocycles. The first-order valence-electron chi connectivity index (χ1n) is 7.91. The van der Waals surface area contributed by atoms with Crippen LogP contribution < -0.4 is 10.5 Å². The zero-order valence-corrected chi connectivity index (χ0v) is 13.6. The van der Waals surface area contributed by atoms with Gasteiger partial charge in [0.1, 0.15) is 17.1 Å². The molecule has 0 aliphatic heterocycles. The highest BCUT2D eigenvalue weighted by Gasteiger charge is 2.16. The van der Waals surface area contributed by atoms with E-state index in [9.17, 15) is 0 Å². The monoisotopic (exact) mass is 310 g/mol. The average molecular weight is 310 g/mol. The molecule has 120 valence electrons. The number of benzene rings is 1. The van der Waals surface area contributed by atoms with Gasteiger partial charge in [-0.3, -0.25) is 0 Å². The normalized spacial score (nSPS) is 11.1. The van der Waals surface area contributed by atoms with Gasteiger partial charge in [0.15, 0.2) is 5.65 Å². The second kappa shape index (κ2) is 6.79. The molecule has 0 spiro atoms. The molecule has 0 saturated heterocycles. The van der Waals surface area contributed by atoms with Crippen molar-refractivity contribution in [3.05, 3.63) is 42.1 Å². The Morgan fingerprint density at radius 2 is 2.04 bits per heavy atom. The molecular weight excluding hydrogens is 288 g/mol. The number of aromatic nitrogens is 3. The number of fused-ring (bicyclic) bond motifs is 1. The molecule has 0 amide bonds. The molecule has 2 N–H and O–H groups in total. The van der Waals surface area contributed by atoms with E-state index in [-0.39, 0.29) is 0 Å². The Morgan fingerprint density at radius 1 is 1.22 bits per heavy atom. The van der Waals surface area contributed by atoms with Gasteiger partial charge in [0.05, 0.1) is 12.7 Å². The number of ether oxygens (including phenoxy) is 1. The van der Waals surface area contributed by atoms with Gasteiger partial charge in [0.2, 0.25) is 0 Å². The quantitative estimate of drug-likeness (QED) is 0.710. The van der Waals surface area contributed by atoms with Gasteiger partial charge in [-0.1, -0.05) is 12.1 Å². The first-order valence-corrected chi connectivity index (χ1v) is 7.91. The van der Waals surface area contributed by atoms with Gasteiger partial charge in [-0.05, 0) is 50.1 Å². The fraction of sp³-hybridized carbons (Fsp3) is 0.333. The number of para-hydroxylation sites is 1. The van der Waals surface area contributed by atoms with Gasteiger partial charge < -0.3 is 15.0 Å². The van der Waals surface area contributed by atoms with Crippen LogP contribution in [0.2, 0.25) is 0 Å². The Hall–Kier alpha value is -2.40. The molecule has 0 bridgehead atoms. The lowest BCUT2D eigenvalue weighted by atomic mass is 10.2. The van der Waals surface area contributed by atoms with E-state index >= 15 is 0 Å². The second-order valence-corrected chi connectivity index (χ2v) is 5.64. The van der Waals surface area contributed by atoms with Crippen molar-refractivity contribution in [3.8, 4) is 17.1 Å². The van der Waals surface area contributed by atoms with Crippen LogP contribution in [0.1, 0.15) is 18.4 Å². The lowest BCUT2D eigenvalue weighted by Gasteiger charge is -2.11. The highest BCUT2D eigenvalue weighted by atomic mass is 16.5. The predicted octanol–water partition coefficient (Wildman–Crippen LogP) is 3.15. The Kier molecular flexibility index (Phi) is 4.57. The fourth-order valence-corrected chi connectivity index (χ4v) is 2.77. The third-order valence-electron chi connectivity index (χ3n) is 3.91. The first-order chi connectivity index (χ1) is 11.2. The highest BCUT2D eigenvalue weighted by Crippen LogP contribution is 2.31. The Bertz CT molecular complexity index is 810. The topological polar surface area (TPSA) is 66.0 Å². The van der Waals surface area contributed by atoms with E-state index in [1.165, 1.54) is 0 Å². The number of methoxy groups -OCH3 is 1. The number of hydrogen-bond donors (Lipinski definition) is 1. The van der Waals surface area contributed by atoms with E-state index in [0.717, 1.165) is 53.3 Å². The summed E-state index contributed by atoms with van der Waals surface area (Å²) in [4.78, 5) is 9.41. The summed E-state index contributed by atoms with van der Waals surface area (Å²) in [5, 5.41) is 0. The van der Waals surface area contributed by atoms with Crippen LogP contribution in [0.25, 0.3) is 22.6 Å². The van der Waals surface area contributed by atoms with E-state index in [2.05, 4.69) is 15.6 Å². The molecule has 0 atom stereocenters. The van der Waals surface area contributed by atoms with Crippen LogP contribution in [-0.2, 0) is 6.54 Å². The third kappa shape index (κ3) is 3.05. The predicted molar refractivity (Wildman–Crippen MR) is 92.5 cm³/mol. The molecular formula is C18H22N4O. The van der Waals surface area contributed by atoms with Crippen LogP contribution >= 0.6 is 0 Å². The van der Waals surface area contributed by atoms with E-state index in [0.29, 0.717) is 6.54 Å². The van der Waals surface area contributed by atoms with Crippen LogP contribution in [0.3, 0.4) is 0 Å². The molecule has 0 radical (unpaired) electrons. The smallest absolute Gasteiger partial charge is 0.160 e. The summed E-state index contributed by atoms with van der Waals surface area (Å²) in [5.74, 6) is 1.71. The Morgan fingerprint density at radius 3 is 2.83 bits per heavy atom. The number of nitrogens with two attached hydrogens (primary N) is 1. The number of nitrogens with zero attached hydrogens (tertiary/aromatic N) is 3. The van der Waals surface area contributed by atoms with E-state index in [1.807, 2.05) is 37.4 Å². The molecule has 0 aliphatic carbocycles. The molecule has 2 heterocycles. The summed E-state index contributed by atoms with van der Waals surface area (Å²) in [6, 6.07) is 10.0. The number of unbranched alkanes of at least 4 members (excludes halogenated alkanes) is 1. The van der Waals surface area contributed by atoms with Crippen molar-refractivity contribution in [1.82, 2.24) is 14.5 Å². The summed E-state index contributed by atoms with van der Waals surface area (Å²) < 4.78 is 7.68. The molecule has 1 aromatic carbocycles. The van der Waals surface area contributed by atoms with Crippen molar-refractivity contribution < 1.29 is 4.74 Å². The van der Waals surface area contributed by atoms with Crippen LogP contribution in [0.4, 0.5) is 0 Å². The lowest BCUT2D eigenvalue weighted by molar-refractivity contribution is 0.416. The molecule has 23 heavy (non-hydrogen) atoms. The highest BCUT2D eigenvalue weighted by molar-refractivity contribution is 5.79. The van der Waals surface area contributed by atoms with Crippen LogP contribution in [0.15, 0.2) is 36.5 Å². The Labute approximate surface area is 136 Å². The molecule has 0 unspecified atom stereocenters. The number of rotatable bonds is 6.